The monoisotopic (exact) mass is 191 g/mol. The molecule has 5 heteroatoms. The van der Waals surface area contributed by atoms with Crippen molar-refractivity contribution in [3.8, 4) is 0 Å². The molecule has 0 fully saturated rings. The number of carbonyl (C=O) groups excluding carboxylic acids is 2. The summed E-state index contributed by atoms with van der Waals surface area (Å²) in [5.74, 6) is -0.626. The minimum atomic E-state index is -0.928. The smallest absolute Gasteiger partial charge is 0.193 e. The van der Waals surface area contributed by atoms with Gasteiger partial charge in [-0.1, -0.05) is 0 Å². The lowest BCUT2D eigenvalue weighted by molar-refractivity contribution is -0.138. The fraction of sp³-hybridized carbons (Fsp3) is 0.429. The maximum atomic E-state index is 11.0. The zero-order chi connectivity index (χ0) is 8.43. The molecule has 0 spiro atoms. The van der Waals surface area contributed by atoms with Crippen LogP contribution in [0.25, 0.3) is 0 Å². The Balaban J connectivity index is 0.00000121. The van der Waals surface area contributed by atoms with E-state index in [0.717, 1.165) is 0 Å². The SMILES string of the molecule is COC1C(=O)C=C(N)CC1=O.Cl. The molecule has 2 N–H and O–H groups in total. The highest BCUT2D eigenvalue weighted by Gasteiger charge is 2.28. The van der Waals surface area contributed by atoms with E-state index in [2.05, 4.69) is 4.74 Å². The Morgan fingerprint density at radius 1 is 1.58 bits per heavy atom. The van der Waals surface area contributed by atoms with Gasteiger partial charge in [-0.3, -0.25) is 9.59 Å². The molecule has 0 amide bonds. The molecule has 12 heavy (non-hydrogen) atoms. The maximum absolute atomic E-state index is 11.0. The average Bonchev–Trinajstić information content (AvgIpc) is 1.85. The van der Waals surface area contributed by atoms with E-state index in [1.165, 1.54) is 13.2 Å². The lowest BCUT2D eigenvalue weighted by Gasteiger charge is -2.15. The zero-order valence-corrected chi connectivity index (χ0v) is 7.39. The molecule has 1 aliphatic rings. The van der Waals surface area contributed by atoms with Crippen LogP contribution >= 0.6 is 12.4 Å². The van der Waals surface area contributed by atoms with E-state index in [1.807, 2.05) is 0 Å². The first-order valence-corrected chi connectivity index (χ1v) is 3.20. The van der Waals surface area contributed by atoms with Crippen molar-refractivity contribution in [1.29, 1.82) is 0 Å². The van der Waals surface area contributed by atoms with Gasteiger partial charge in [0.1, 0.15) is 0 Å². The Morgan fingerprint density at radius 3 is 2.58 bits per heavy atom. The van der Waals surface area contributed by atoms with Gasteiger partial charge in [0.2, 0.25) is 0 Å². The van der Waals surface area contributed by atoms with E-state index >= 15 is 0 Å². The van der Waals surface area contributed by atoms with Crippen molar-refractivity contribution in [2.45, 2.75) is 12.5 Å². The van der Waals surface area contributed by atoms with Crippen LogP contribution in [0.15, 0.2) is 11.8 Å². The van der Waals surface area contributed by atoms with Crippen LogP contribution in [0.3, 0.4) is 0 Å². The number of allylic oxidation sites excluding steroid dienone is 1. The molecule has 68 valence electrons. The minimum Gasteiger partial charge on any atom is -0.402 e. The molecule has 4 nitrogen and oxygen atoms in total. The van der Waals surface area contributed by atoms with Gasteiger partial charge in [-0.15, -0.1) is 12.4 Å². The molecule has 0 saturated heterocycles. The molecule has 0 bridgehead atoms. The van der Waals surface area contributed by atoms with Crippen molar-refractivity contribution in [2.24, 2.45) is 5.73 Å². The van der Waals surface area contributed by atoms with Gasteiger partial charge in [0.15, 0.2) is 17.7 Å². The predicted octanol–water partition coefficient (Wildman–Crippen LogP) is -0.192. The molecule has 0 aliphatic heterocycles. The standard InChI is InChI=1S/C7H9NO3.ClH/c1-11-7-5(9)2-4(8)3-6(7)10;/h2,7H,3,8H2,1H3;1H. The van der Waals surface area contributed by atoms with Crippen LogP contribution in [0.4, 0.5) is 0 Å². The third kappa shape index (κ3) is 2.06. The third-order valence-corrected chi connectivity index (χ3v) is 1.49. The Morgan fingerprint density at radius 2 is 2.17 bits per heavy atom. The number of hydrogen-bond acceptors (Lipinski definition) is 4. The van der Waals surface area contributed by atoms with E-state index in [9.17, 15) is 9.59 Å². The summed E-state index contributed by atoms with van der Waals surface area (Å²) in [6, 6.07) is 0. The molecule has 0 aromatic rings. The van der Waals surface area contributed by atoms with Crippen molar-refractivity contribution in [3.05, 3.63) is 11.8 Å². The van der Waals surface area contributed by atoms with Gasteiger partial charge in [0.25, 0.3) is 0 Å². The van der Waals surface area contributed by atoms with Gasteiger partial charge in [-0.05, 0) is 0 Å². The number of hydrogen-bond donors (Lipinski definition) is 1. The molecular weight excluding hydrogens is 182 g/mol. The second-order valence-corrected chi connectivity index (χ2v) is 2.38. The van der Waals surface area contributed by atoms with Crippen LogP contribution in [0.5, 0.6) is 0 Å². The molecule has 0 radical (unpaired) electrons. The van der Waals surface area contributed by atoms with E-state index in [0.29, 0.717) is 5.70 Å². The first kappa shape index (κ1) is 11.1. The summed E-state index contributed by atoms with van der Waals surface area (Å²) in [4.78, 5) is 21.9. The second-order valence-electron chi connectivity index (χ2n) is 2.38. The van der Waals surface area contributed by atoms with E-state index in [4.69, 9.17) is 5.73 Å². The quantitative estimate of drug-likeness (QED) is 0.584. The van der Waals surface area contributed by atoms with Gasteiger partial charge in [0, 0.05) is 25.3 Å². The summed E-state index contributed by atoms with van der Waals surface area (Å²) in [7, 11) is 1.33. The Bertz CT molecular complexity index is 237. The average molecular weight is 192 g/mol. The molecule has 0 saturated carbocycles. The number of nitrogens with two attached hydrogens (primary N) is 1. The molecule has 0 heterocycles. The molecule has 1 unspecified atom stereocenters. The van der Waals surface area contributed by atoms with Crippen molar-refractivity contribution >= 4 is 24.0 Å². The third-order valence-electron chi connectivity index (χ3n) is 1.49. The first-order valence-electron chi connectivity index (χ1n) is 3.20. The van der Waals surface area contributed by atoms with Gasteiger partial charge in [-0.2, -0.15) is 0 Å². The normalized spacial score (nSPS) is 23.1. The molecule has 1 rings (SSSR count). The number of rotatable bonds is 1. The summed E-state index contributed by atoms with van der Waals surface area (Å²) in [5.41, 5.74) is 5.61. The van der Waals surface area contributed by atoms with Crippen LogP contribution in [-0.4, -0.2) is 24.8 Å². The Labute approximate surface area is 76.2 Å². The van der Waals surface area contributed by atoms with Crippen molar-refractivity contribution < 1.29 is 14.3 Å². The number of Topliss-reactive ketones (excluding diaryl/α,β-unsaturated/α-hetero) is 1. The van der Waals surface area contributed by atoms with Crippen molar-refractivity contribution in [2.75, 3.05) is 7.11 Å². The van der Waals surface area contributed by atoms with E-state index in [-0.39, 0.29) is 30.4 Å². The van der Waals surface area contributed by atoms with Crippen molar-refractivity contribution in [1.82, 2.24) is 0 Å². The summed E-state index contributed by atoms with van der Waals surface area (Å²) in [6.07, 6.45) is 0.432. The van der Waals surface area contributed by atoms with E-state index in [1.54, 1.807) is 0 Å². The zero-order valence-electron chi connectivity index (χ0n) is 6.57. The van der Waals surface area contributed by atoms with Crippen LogP contribution in [0.1, 0.15) is 6.42 Å². The Hall–Kier alpha value is -0.870. The van der Waals surface area contributed by atoms with Crippen LogP contribution < -0.4 is 5.73 Å². The van der Waals surface area contributed by atoms with Crippen molar-refractivity contribution in [3.63, 3.8) is 0 Å². The van der Waals surface area contributed by atoms with Crippen LogP contribution in [-0.2, 0) is 14.3 Å². The van der Waals surface area contributed by atoms with Gasteiger partial charge >= 0.3 is 0 Å². The summed E-state index contributed by atoms with van der Waals surface area (Å²) >= 11 is 0. The Kier molecular flexibility index (Phi) is 3.92. The topological polar surface area (TPSA) is 69.4 Å². The molecular formula is C7H10ClNO3. The fourth-order valence-electron chi connectivity index (χ4n) is 1.01. The maximum Gasteiger partial charge on any atom is 0.193 e. The molecule has 0 aromatic heterocycles. The molecule has 0 aromatic carbocycles. The number of halogens is 1. The fourth-order valence-corrected chi connectivity index (χ4v) is 1.01. The van der Waals surface area contributed by atoms with Gasteiger partial charge in [0.05, 0.1) is 0 Å². The largest absolute Gasteiger partial charge is 0.402 e. The molecule has 1 aliphatic carbocycles. The lowest BCUT2D eigenvalue weighted by atomic mass is 9.99. The molecule has 1 atom stereocenters. The number of methoxy groups -OCH3 is 1. The lowest BCUT2D eigenvalue weighted by Crippen LogP contribution is -2.35. The minimum absolute atomic E-state index is 0. The summed E-state index contributed by atoms with van der Waals surface area (Å²) < 4.78 is 4.66. The highest BCUT2D eigenvalue weighted by atomic mass is 35.5. The highest BCUT2D eigenvalue weighted by Crippen LogP contribution is 2.10. The van der Waals surface area contributed by atoms with Gasteiger partial charge in [-0.25, -0.2) is 0 Å². The second kappa shape index (κ2) is 4.23. The number of ether oxygens (including phenoxy) is 1. The number of carbonyl (C=O) groups is 2. The van der Waals surface area contributed by atoms with Crippen LogP contribution in [0.2, 0.25) is 0 Å². The van der Waals surface area contributed by atoms with E-state index < -0.39 is 6.10 Å². The summed E-state index contributed by atoms with van der Waals surface area (Å²) in [6.45, 7) is 0. The first-order chi connectivity index (χ1) is 5.15. The van der Waals surface area contributed by atoms with Gasteiger partial charge < -0.3 is 10.5 Å². The van der Waals surface area contributed by atoms with Crippen LogP contribution in [0, 0.1) is 0 Å². The summed E-state index contributed by atoms with van der Waals surface area (Å²) in [5, 5.41) is 0. The highest BCUT2D eigenvalue weighted by molar-refractivity contribution is 6.13. The predicted molar refractivity (Wildman–Crippen MR) is 44.9 cm³/mol. The number of ketones is 2.